The quantitative estimate of drug-likeness (QED) is 0.761. The van der Waals surface area contributed by atoms with Crippen LogP contribution in [0.4, 0.5) is 4.79 Å². The molecule has 2 heterocycles. The summed E-state index contributed by atoms with van der Waals surface area (Å²) in [7, 11) is 0. The van der Waals surface area contributed by atoms with Gasteiger partial charge in [-0.15, -0.1) is 0 Å². The summed E-state index contributed by atoms with van der Waals surface area (Å²) in [6.45, 7) is 9.71. The van der Waals surface area contributed by atoms with Crippen LogP contribution in [0.2, 0.25) is 0 Å². The van der Waals surface area contributed by atoms with E-state index >= 15 is 0 Å². The first-order valence-corrected chi connectivity index (χ1v) is 11.0. The Morgan fingerprint density at radius 3 is 2.66 bits per heavy atom. The SMILES string of the molecule is CCC[C@@H]1CN(C(C)C)CC[C@@H]1N1CC[C@H](NC(=O)OCc2ccccc2)C1=O. The summed E-state index contributed by atoms with van der Waals surface area (Å²) in [6, 6.07) is 9.91. The van der Waals surface area contributed by atoms with Gasteiger partial charge >= 0.3 is 6.09 Å². The highest BCUT2D eigenvalue weighted by molar-refractivity contribution is 5.87. The van der Waals surface area contributed by atoms with Crippen molar-refractivity contribution in [3.8, 4) is 0 Å². The maximum atomic E-state index is 13.0. The molecule has 0 unspecified atom stereocenters. The molecule has 1 aromatic carbocycles. The first-order valence-electron chi connectivity index (χ1n) is 11.0. The second kappa shape index (κ2) is 10.1. The molecule has 2 aliphatic rings. The fraction of sp³-hybridized carbons (Fsp3) is 0.652. The van der Waals surface area contributed by atoms with Crippen molar-refractivity contribution < 1.29 is 14.3 Å². The van der Waals surface area contributed by atoms with Crippen molar-refractivity contribution in [2.75, 3.05) is 19.6 Å². The molecule has 0 spiro atoms. The van der Waals surface area contributed by atoms with Gasteiger partial charge in [0.2, 0.25) is 5.91 Å². The number of hydrogen-bond donors (Lipinski definition) is 1. The average Bonchev–Trinajstić information content (AvgIpc) is 3.07. The fourth-order valence-corrected chi connectivity index (χ4v) is 4.65. The molecule has 6 nitrogen and oxygen atoms in total. The second-order valence-corrected chi connectivity index (χ2v) is 8.57. The third kappa shape index (κ3) is 5.50. The lowest BCUT2D eigenvalue weighted by Crippen LogP contribution is -2.54. The van der Waals surface area contributed by atoms with E-state index in [0.717, 1.165) is 44.5 Å². The number of benzene rings is 1. The van der Waals surface area contributed by atoms with Gasteiger partial charge in [-0.3, -0.25) is 4.79 Å². The molecule has 0 saturated carbocycles. The van der Waals surface area contributed by atoms with E-state index in [-0.39, 0.29) is 18.6 Å². The lowest BCUT2D eigenvalue weighted by molar-refractivity contribution is -0.133. The molecular formula is C23H35N3O3. The summed E-state index contributed by atoms with van der Waals surface area (Å²) in [4.78, 5) is 29.7. The molecule has 2 amide bonds. The number of carbonyl (C=O) groups is 2. The van der Waals surface area contributed by atoms with Crippen molar-refractivity contribution in [2.45, 2.75) is 71.2 Å². The molecule has 2 saturated heterocycles. The Kier molecular flexibility index (Phi) is 7.53. The minimum absolute atomic E-state index is 0.0470. The van der Waals surface area contributed by atoms with Gasteiger partial charge in [-0.2, -0.15) is 0 Å². The van der Waals surface area contributed by atoms with Crippen LogP contribution in [0.5, 0.6) is 0 Å². The number of ether oxygens (including phenoxy) is 1. The van der Waals surface area contributed by atoms with E-state index in [2.05, 4.69) is 31.0 Å². The number of hydrogen-bond acceptors (Lipinski definition) is 4. The Morgan fingerprint density at radius 1 is 1.21 bits per heavy atom. The van der Waals surface area contributed by atoms with E-state index < -0.39 is 12.1 Å². The van der Waals surface area contributed by atoms with Crippen LogP contribution in [0, 0.1) is 5.92 Å². The molecule has 3 rings (SSSR count). The third-order valence-electron chi connectivity index (χ3n) is 6.26. The number of rotatable bonds is 7. The van der Waals surface area contributed by atoms with Crippen LogP contribution < -0.4 is 5.32 Å². The Balaban J connectivity index is 1.53. The molecule has 6 heteroatoms. The Labute approximate surface area is 174 Å². The van der Waals surface area contributed by atoms with Crippen LogP contribution in [-0.2, 0) is 16.1 Å². The van der Waals surface area contributed by atoms with Gasteiger partial charge in [0.25, 0.3) is 0 Å². The lowest BCUT2D eigenvalue weighted by atomic mass is 9.86. The molecule has 0 radical (unpaired) electrons. The Bertz CT molecular complexity index is 679. The van der Waals surface area contributed by atoms with E-state index in [1.54, 1.807) is 0 Å². The molecule has 0 aromatic heterocycles. The van der Waals surface area contributed by atoms with Gasteiger partial charge in [0.1, 0.15) is 12.6 Å². The predicted molar refractivity (Wildman–Crippen MR) is 113 cm³/mol. The van der Waals surface area contributed by atoms with Crippen LogP contribution in [-0.4, -0.2) is 59.6 Å². The number of alkyl carbamates (subject to hydrolysis) is 1. The highest BCUT2D eigenvalue weighted by atomic mass is 16.5. The first-order chi connectivity index (χ1) is 14.0. The maximum Gasteiger partial charge on any atom is 0.408 e. The third-order valence-corrected chi connectivity index (χ3v) is 6.26. The maximum absolute atomic E-state index is 13.0. The highest BCUT2D eigenvalue weighted by Crippen LogP contribution is 2.30. The van der Waals surface area contributed by atoms with E-state index in [1.807, 2.05) is 35.2 Å². The van der Waals surface area contributed by atoms with E-state index in [4.69, 9.17) is 4.74 Å². The number of nitrogens with one attached hydrogen (secondary N) is 1. The molecule has 3 atom stereocenters. The summed E-state index contributed by atoms with van der Waals surface area (Å²) in [5.74, 6) is 0.551. The monoisotopic (exact) mass is 401 g/mol. The van der Waals surface area contributed by atoms with E-state index in [9.17, 15) is 9.59 Å². The molecule has 0 aliphatic carbocycles. The molecule has 1 N–H and O–H groups in total. The summed E-state index contributed by atoms with van der Waals surface area (Å²) < 4.78 is 5.29. The molecule has 0 bridgehead atoms. The zero-order chi connectivity index (χ0) is 20.8. The van der Waals surface area contributed by atoms with Crippen LogP contribution in [0.15, 0.2) is 30.3 Å². The van der Waals surface area contributed by atoms with Gasteiger partial charge in [0.15, 0.2) is 0 Å². The predicted octanol–water partition coefficient (Wildman–Crippen LogP) is 3.41. The van der Waals surface area contributed by atoms with Crippen molar-refractivity contribution in [3.63, 3.8) is 0 Å². The van der Waals surface area contributed by atoms with Crippen molar-refractivity contribution >= 4 is 12.0 Å². The lowest BCUT2D eigenvalue weighted by Gasteiger charge is -2.44. The largest absolute Gasteiger partial charge is 0.445 e. The summed E-state index contributed by atoms with van der Waals surface area (Å²) in [6.07, 6.45) is 3.41. The van der Waals surface area contributed by atoms with Gasteiger partial charge in [0, 0.05) is 31.7 Å². The van der Waals surface area contributed by atoms with E-state index in [1.165, 1.54) is 0 Å². The van der Waals surface area contributed by atoms with Crippen molar-refractivity contribution in [2.24, 2.45) is 5.92 Å². The molecule has 160 valence electrons. The molecule has 1 aromatic rings. The van der Waals surface area contributed by atoms with Crippen molar-refractivity contribution in [1.82, 2.24) is 15.1 Å². The Hall–Kier alpha value is -2.08. The average molecular weight is 402 g/mol. The minimum atomic E-state index is -0.520. The number of likely N-dealkylation sites (tertiary alicyclic amines) is 2. The normalized spacial score (nSPS) is 25.4. The number of piperidine rings is 1. The van der Waals surface area contributed by atoms with Gasteiger partial charge in [-0.25, -0.2) is 4.79 Å². The van der Waals surface area contributed by atoms with Crippen LogP contribution in [0.3, 0.4) is 0 Å². The van der Waals surface area contributed by atoms with Crippen LogP contribution in [0.1, 0.15) is 52.0 Å². The summed E-state index contributed by atoms with van der Waals surface area (Å²) in [5, 5.41) is 2.78. The second-order valence-electron chi connectivity index (χ2n) is 8.57. The highest BCUT2D eigenvalue weighted by Gasteiger charge is 2.41. The zero-order valence-corrected chi connectivity index (χ0v) is 18.0. The summed E-state index contributed by atoms with van der Waals surface area (Å²) >= 11 is 0. The molecule has 2 aliphatic heterocycles. The zero-order valence-electron chi connectivity index (χ0n) is 18.0. The topological polar surface area (TPSA) is 61.9 Å². The van der Waals surface area contributed by atoms with Crippen molar-refractivity contribution in [3.05, 3.63) is 35.9 Å². The van der Waals surface area contributed by atoms with Crippen molar-refractivity contribution in [1.29, 1.82) is 0 Å². The molecule has 29 heavy (non-hydrogen) atoms. The van der Waals surface area contributed by atoms with Gasteiger partial charge in [0.05, 0.1) is 0 Å². The summed E-state index contributed by atoms with van der Waals surface area (Å²) in [5.41, 5.74) is 0.932. The van der Waals surface area contributed by atoms with Gasteiger partial charge < -0.3 is 19.9 Å². The smallest absolute Gasteiger partial charge is 0.408 e. The standard InChI is InChI=1S/C23H35N3O3/c1-4-8-19-15-25(17(2)3)13-12-21(19)26-14-11-20(22(26)27)24-23(28)29-16-18-9-6-5-7-10-18/h5-7,9-10,17,19-21H,4,8,11-16H2,1-3H3,(H,24,28)/t19-,20+,21+/m1/s1. The number of nitrogens with zero attached hydrogens (tertiary/aromatic N) is 2. The number of amides is 2. The Morgan fingerprint density at radius 2 is 1.97 bits per heavy atom. The van der Waals surface area contributed by atoms with Crippen LogP contribution >= 0.6 is 0 Å². The number of carbonyl (C=O) groups excluding carboxylic acids is 2. The fourth-order valence-electron chi connectivity index (χ4n) is 4.65. The molecular weight excluding hydrogens is 366 g/mol. The van der Waals surface area contributed by atoms with Gasteiger partial charge in [-0.05, 0) is 44.6 Å². The van der Waals surface area contributed by atoms with Crippen LogP contribution in [0.25, 0.3) is 0 Å². The first kappa shape index (κ1) is 21.6. The van der Waals surface area contributed by atoms with E-state index in [0.29, 0.717) is 18.4 Å². The van der Waals surface area contributed by atoms with Gasteiger partial charge in [-0.1, -0.05) is 43.7 Å². The minimum Gasteiger partial charge on any atom is -0.445 e. The molecule has 2 fully saturated rings.